The molecule has 0 aliphatic heterocycles. The predicted molar refractivity (Wildman–Crippen MR) is 71.0 cm³/mol. The number of hydrogen-bond donors (Lipinski definition) is 2. The van der Waals surface area contributed by atoms with Crippen molar-refractivity contribution in [3.05, 3.63) is 41.6 Å². The van der Waals surface area contributed by atoms with Gasteiger partial charge in [0.25, 0.3) is 0 Å². The summed E-state index contributed by atoms with van der Waals surface area (Å²) in [7, 11) is 0. The van der Waals surface area contributed by atoms with E-state index in [4.69, 9.17) is 0 Å². The van der Waals surface area contributed by atoms with Gasteiger partial charge in [0.05, 0.1) is 17.5 Å². The molecule has 0 amide bonds. The standard InChI is InChI=1S/C14H16F3N3/c1-2-6-18-8-11-9-19-20-13(11)10-4-3-5-12(7-10)14(15,16)17/h3-5,7,9,18H,2,6,8H2,1H3,(H,19,20). The van der Waals surface area contributed by atoms with Crippen molar-refractivity contribution in [1.29, 1.82) is 0 Å². The summed E-state index contributed by atoms with van der Waals surface area (Å²) in [6.07, 6.45) is -1.70. The predicted octanol–water partition coefficient (Wildman–Crippen LogP) is 3.60. The second-order valence-electron chi connectivity index (χ2n) is 4.53. The second-order valence-corrected chi connectivity index (χ2v) is 4.53. The first-order valence-electron chi connectivity index (χ1n) is 6.43. The molecule has 6 heteroatoms. The van der Waals surface area contributed by atoms with E-state index < -0.39 is 11.7 Å². The number of benzene rings is 1. The van der Waals surface area contributed by atoms with Gasteiger partial charge in [0.15, 0.2) is 0 Å². The van der Waals surface area contributed by atoms with Crippen LogP contribution in [0, 0.1) is 0 Å². The quantitative estimate of drug-likeness (QED) is 0.823. The molecule has 0 aliphatic rings. The minimum absolute atomic E-state index is 0.491. The van der Waals surface area contributed by atoms with Crippen LogP contribution in [0.3, 0.4) is 0 Å². The maximum Gasteiger partial charge on any atom is 0.416 e. The Labute approximate surface area is 115 Å². The maximum absolute atomic E-state index is 12.7. The molecule has 108 valence electrons. The zero-order valence-electron chi connectivity index (χ0n) is 11.1. The van der Waals surface area contributed by atoms with Crippen molar-refractivity contribution in [1.82, 2.24) is 15.5 Å². The van der Waals surface area contributed by atoms with Gasteiger partial charge in [-0.15, -0.1) is 0 Å². The summed E-state index contributed by atoms with van der Waals surface area (Å²) in [5.74, 6) is 0. The molecule has 0 bridgehead atoms. The number of aromatic amines is 1. The van der Waals surface area contributed by atoms with Gasteiger partial charge in [-0.2, -0.15) is 18.3 Å². The van der Waals surface area contributed by atoms with Crippen molar-refractivity contribution in [2.75, 3.05) is 6.54 Å². The molecule has 0 atom stereocenters. The van der Waals surface area contributed by atoms with Gasteiger partial charge in [-0.25, -0.2) is 0 Å². The zero-order valence-corrected chi connectivity index (χ0v) is 11.1. The molecule has 0 unspecified atom stereocenters. The molecule has 1 heterocycles. The fourth-order valence-electron chi connectivity index (χ4n) is 1.95. The number of alkyl halides is 3. The lowest BCUT2D eigenvalue weighted by Gasteiger charge is -2.09. The number of H-pyrrole nitrogens is 1. The van der Waals surface area contributed by atoms with Gasteiger partial charge in [-0.3, -0.25) is 5.10 Å². The van der Waals surface area contributed by atoms with Crippen LogP contribution >= 0.6 is 0 Å². The summed E-state index contributed by atoms with van der Waals surface area (Å²) in [6.45, 7) is 3.49. The van der Waals surface area contributed by atoms with Crippen molar-refractivity contribution >= 4 is 0 Å². The lowest BCUT2D eigenvalue weighted by molar-refractivity contribution is -0.137. The van der Waals surface area contributed by atoms with E-state index in [0.29, 0.717) is 17.8 Å². The summed E-state index contributed by atoms with van der Waals surface area (Å²) in [6, 6.07) is 5.25. The average molecular weight is 283 g/mol. The molecule has 1 aromatic carbocycles. The Morgan fingerprint density at radius 3 is 2.80 bits per heavy atom. The number of hydrogen-bond acceptors (Lipinski definition) is 2. The molecule has 20 heavy (non-hydrogen) atoms. The number of nitrogens with zero attached hydrogens (tertiary/aromatic N) is 1. The fraction of sp³-hybridized carbons (Fsp3) is 0.357. The summed E-state index contributed by atoms with van der Waals surface area (Å²) >= 11 is 0. The Hall–Kier alpha value is -1.82. The van der Waals surface area contributed by atoms with Gasteiger partial charge in [-0.1, -0.05) is 19.1 Å². The first-order chi connectivity index (χ1) is 9.52. The molecular weight excluding hydrogens is 267 g/mol. The van der Waals surface area contributed by atoms with E-state index in [0.717, 1.165) is 30.7 Å². The van der Waals surface area contributed by atoms with E-state index in [-0.39, 0.29) is 0 Å². The average Bonchev–Trinajstić information content (AvgIpc) is 2.87. The van der Waals surface area contributed by atoms with Crippen LogP contribution in [0.5, 0.6) is 0 Å². The van der Waals surface area contributed by atoms with E-state index in [2.05, 4.69) is 22.4 Å². The van der Waals surface area contributed by atoms with Crippen molar-refractivity contribution < 1.29 is 13.2 Å². The minimum atomic E-state index is -4.34. The summed E-state index contributed by atoms with van der Waals surface area (Å²) < 4.78 is 38.2. The molecule has 0 spiro atoms. The Kier molecular flexibility index (Phi) is 4.44. The normalized spacial score (nSPS) is 11.8. The van der Waals surface area contributed by atoms with Gasteiger partial charge >= 0.3 is 6.18 Å². The molecule has 2 rings (SSSR count). The van der Waals surface area contributed by atoms with E-state index in [1.54, 1.807) is 12.3 Å². The van der Waals surface area contributed by atoms with Crippen LogP contribution in [-0.4, -0.2) is 16.7 Å². The highest BCUT2D eigenvalue weighted by atomic mass is 19.4. The van der Waals surface area contributed by atoms with Gasteiger partial charge < -0.3 is 5.32 Å². The third-order valence-corrected chi connectivity index (χ3v) is 2.94. The minimum Gasteiger partial charge on any atom is -0.313 e. The van der Waals surface area contributed by atoms with Crippen LogP contribution < -0.4 is 5.32 Å². The van der Waals surface area contributed by atoms with Crippen molar-refractivity contribution in [3.8, 4) is 11.3 Å². The lowest BCUT2D eigenvalue weighted by atomic mass is 10.0. The summed E-state index contributed by atoms with van der Waals surface area (Å²) in [5, 5.41) is 9.90. The van der Waals surface area contributed by atoms with Crippen LogP contribution in [0.25, 0.3) is 11.3 Å². The van der Waals surface area contributed by atoms with Gasteiger partial charge in [0.2, 0.25) is 0 Å². The fourth-order valence-corrected chi connectivity index (χ4v) is 1.95. The number of rotatable bonds is 5. The Morgan fingerprint density at radius 2 is 2.10 bits per heavy atom. The van der Waals surface area contributed by atoms with Crippen LogP contribution in [0.15, 0.2) is 30.5 Å². The van der Waals surface area contributed by atoms with E-state index in [9.17, 15) is 13.2 Å². The van der Waals surface area contributed by atoms with Crippen molar-refractivity contribution in [2.45, 2.75) is 26.1 Å². The highest BCUT2D eigenvalue weighted by Crippen LogP contribution is 2.32. The summed E-state index contributed by atoms with van der Waals surface area (Å²) in [4.78, 5) is 0. The molecule has 0 saturated heterocycles. The SMILES string of the molecule is CCCNCc1cn[nH]c1-c1cccc(C(F)(F)F)c1. The Morgan fingerprint density at radius 1 is 1.30 bits per heavy atom. The Bertz CT molecular complexity index is 561. The smallest absolute Gasteiger partial charge is 0.313 e. The molecule has 0 fully saturated rings. The van der Waals surface area contributed by atoms with Crippen LogP contribution in [-0.2, 0) is 12.7 Å². The van der Waals surface area contributed by atoms with Gasteiger partial charge in [-0.05, 0) is 25.1 Å². The molecular formula is C14H16F3N3. The van der Waals surface area contributed by atoms with E-state index >= 15 is 0 Å². The first-order valence-corrected chi connectivity index (χ1v) is 6.43. The molecule has 0 radical (unpaired) electrons. The molecule has 2 aromatic rings. The monoisotopic (exact) mass is 283 g/mol. The highest BCUT2D eigenvalue weighted by molar-refractivity contribution is 5.63. The van der Waals surface area contributed by atoms with Gasteiger partial charge in [0, 0.05) is 17.7 Å². The summed E-state index contributed by atoms with van der Waals surface area (Å²) in [5.41, 5.74) is 1.32. The van der Waals surface area contributed by atoms with Crippen molar-refractivity contribution in [3.63, 3.8) is 0 Å². The highest BCUT2D eigenvalue weighted by Gasteiger charge is 2.30. The molecule has 3 nitrogen and oxygen atoms in total. The van der Waals surface area contributed by atoms with Crippen molar-refractivity contribution in [2.24, 2.45) is 0 Å². The van der Waals surface area contributed by atoms with E-state index in [1.807, 2.05) is 0 Å². The maximum atomic E-state index is 12.7. The number of aromatic nitrogens is 2. The first kappa shape index (κ1) is 14.6. The second kappa shape index (κ2) is 6.09. The van der Waals surface area contributed by atoms with Crippen LogP contribution in [0.2, 0.25) is 0 Å². The number of nitrogens with one attached hydrogen (secondary N) is 2. The molecule has 2 N–H and O–H groups in total. The molecule has 1 aromatic heterocycles. The zero-order chi connectivity index (χ0) is 14.6. The topological polar surface area (TPSA) is 40.7 Å². The third kappa shape index (κ3) is 3.39. The van der Waals surface area contributed by atoms with Crippen LogP contribution in [0.1, 0.15) is 24.5 Å². The molecule has 0 aliphatic carbocycles. The largest absolute Gasteiger partial charge is 0.416 e. The Balaban J connectivity index is 2.26. The third-order valence-electron chi connectivity index (χ3n) is 2.94. The lowest BCUT2D eigenvalue weighted by Crippen LogP contribution is -2.13. The van der Waals surface area contributed by atoms with Crippen LogP contribution in [0.4, 0.5) is 13.2 Å². The molecule has 0 saturated carbocycles. The van der Waals surface area contributed by atoms with Gasteiger partial charge in [0.1, 0.15) is 0 Å². The van der Waals surface area contributed by atoms with E-state index in [1.165, 1.54) is 6.07 Å². The number of halogens is 3.